The summed E-state index contributed by atoms with van der Waals surface area (Å²) in [6.45, 7) is 9.75. The van der Waals surface area contributed by atoms with Crippen LogP contribution in [0, 0.1) is 0 Å². The van der Waals surface area contributed by atoms with Crippen molar-refractivity contribution in [3.63, 3.8) is 0 Å². The summed E-state index contributed by atoms with van der Waals surface area (Å²) in [5.41, 5.74) is 6.22. The second kappa shape index (κ2) is 13.1. The van der Waals surface area contributed by atoms with Gasteiger partial charge in [0.15, 0.2) is 0 Å². The molecule has 2 N–H and O–H groups in total. The van der Waals surface area contributed by atoms with Gasteiger partial charge < -0.3 is 24.7 Å². The first-order valence-corrected chi connectivity index (χ1v) is 9.42. The van der Waals surface area contributed by atoms with E-state index in [1.165, 1.54) is 0 Å². The maximum absolute atomic E-state index is 6.22. The molecule has 23 heavy (non-hydrogen) atoms. The molecule has 0 aromatic heterocycles. The van der Waals surface area contributed by atoms with Gasteiger partial charge in [-0.3, -0.25) is 0 Å². The molecule has 1 aliphatic heterocycles. The lowest BCUT2D eigenvalue weighted by molar-refractivity contribution is -0.197. The Kier molecular flexibility index (Phi) is 11.9. The van der Waals surface area contributed by atoms with E-state index in [4.69, 9.17) is 24.7 Å². The minimum absolute atomic E-state index is 0.0878. The number of unbranched alkanes of at least 4 members (excludes halogenated alkanes) is 3. The van der Waals surface area contributed by atoms with Crippen molar-refractivity contribution < 1.29 is 18.9 Å². The van der Waals surface area contributed by atoms with Crippen LogP contribution in [-0.4, -0.2) is 57.4 Å². The zero-order valence-corrected chi connectivity index (χ0v) is 15.3. The van der Waals surface area contributed by atoms with Crippen LogP contribution in [0.3, 0.4) is 0 Å². The second-order valence-corrected chi connectivity index (χ2v) is 6.34. The lowest BCUT2D eigenvalue weighted by Gasteiger charge is -2.41. The van der Waals surface area contributed by atoms with Gasteiger partial charge in [0.25, 0.3) is 0 Å². The van der Waals surface area contributed by atoms with Crippen molar-refractivity contribution in [3.8, 4) is 0 Å². The van der Waals surface area contributed by atoms with Gasteiger partial charge in [-0.15, -0.1) is 0 Å². The van der Waals surface area contributed by atoms with Crippen molar-refractivity contribution in [2.45, 2.75) is 83.6 Å². The first-order valence-electron chi connectivity index (χ1n) is 9.42. The molecule has 1 heterocycles. The van der Waals surface area contributed by atoms with Gasteiger partial charge in [0.1, 0.15) is 18.3 Å². The third-order valence-electron chi connectivity index (χ3n) is 4.16. The minimum atomic E-state index is -0.135. The van der Waals surface area contributed by atoms with Gasteiger partial charge in [-0.05, 0) is 19.3 Å². The molecule has 5 heteroatoms. The molecule has 0 aliphatic carbocycles. The molecule has 138 valence electrons. The molecule has 0 spiro atoms. The van der Waals surface area contributed by atoms with E-state index in [9.17, 15) is 0 Å². The zero-order chi connectivity index (χ0) is 16.9. The Bertz CT molecular complexity index is 278. The SMILES string of the molecule is CCCCOC[C@H]1OC[C@H](N)[C@@H](OCCCC)[C@H]1OCCCC. The number of hydrogen-bond acceptors (Lipinski definition) is 5. The van der Waals surface area contributed by atoms with Crippen LogP contribution in [0.25, 0.3) is 0 Å². The Morgan fingerprint density at radius 3 is 2.04 bits per heavy atom. The fourth-order valence-corrected chi connectivity index (χ4v) is 2.62. The molecule has 0 amide bonds. The van der Waals surface area contributed by atoms with Gasteiger partial charge in [-0.2, -0.15) is 0 Å². The Morgan fingerprint density at radius 2 is 1.43 bits per heavy atom. The summed E-state index contributed by atoms with van der Waals surface area (Å²) in [4.78, 5) is 0. The maximum Gasteiger partial charge on any atom is 0.114 e. The minimum Gasteiger partial charge on any atom is -0.379 e. The Labute approximate surface area is 142 Å². The zero-order valence-electron chi connectivity index (χ0n) is 15.3. The summed E-state index contributed by atoms with van der Waals surface area (Å²) in [7, 11) is 0. The molecule has 0 radical (unpaired) electrons. The highest BCUT2D eigenvalue weighted by Crippen LogP contribution is 2.22. The van der Waals surface area contributed by atoms with Crippen molar-refractivity contribution in [1.29, 1.82) is 0 Å². The molecule has 5 nitrogen and oxygen atoms in total. The Hall–Kier alpha value is -0.200. The Morgan fingerprint density at radius 1 is 0.870 bits per heavy atom. The van der Waals surface area contributed by atoms with Crippen LogP contribution in [0.4, 0.5) is 0 Å². The summed E-state index contributed by atoms with van der Waals surface area (Å²) >= 11 is 0. The highest BCUT2D eigenvalue weighted by atomic mass is 16.6. The van der Waals surface area contributed by atoms with Crippen LogP contribution in [0.2, 0.25) is 0 Å². The van der Waals surface area contributed by atoms with E-state index in [-0.39, 0.29) is 24.4 Å². The van der Waals surface area contributed by atoms with Crippen LogP contribution < -0.4 is 5.73 Å². The quantitative estimate of drug-likeness (QED) is 0.526. The lowest BCUT2D eigenvalue weighted by Crippen LogP contribution is -2.59. The predicted octanol–water partition coefficient (Wildman–Crippen LogP) is 2.90. The number of nitrogens with two attached hydrogens (primary N) is 1. The highest BCUT2D eigenvalue weighted by Gasteiger charge is 2.40. The number of rotatable bonds is 13. The van der Waals surface area contributed by atoms with Crippen LogP contribution >= 0.6 is 0 Å². The molecule has 0 unspecified atom stereocenters. The molecule has 1 saturated heterocycles. The number of ether oxygens (including phenoxy) is 4. The molecular weight excluding hydrogens is 294 g/mol. The van der Waals surface area contributed by atoms with Crippen molar-refractivity contribution >= 4 is 0 Å². The van der Waals surface area contributed by atoms with Gasteiger partial charge in [-0.1, -0.05) is 40.0 Å². The first-order chi connectivity index (χ1) is 11.2. The fraction of sp³-hybridized carbons (Fsp3) is 1.00. The largest absolute Gasteiger partial charge is 0.379 e. The van der Waals surface area contributed by atoms with Gasteiger partial charge in [0.05, 0.1) is 19.3 Å². The maximum atomic E-state index is 6.22. The smallest absolute Gasteiger partial charge is 0.114 e. The molecule has 0 aromatic carbocycles. The van der Waals surface area contributed by atoms with Gasteiger partial charge in [-0.25, -0.2) is 0 Å². The molecule has 1 fully saturated rings. The number of hydrogen-bond donors (Lipinski definition) is 1. The van der Waals surface area contributed by atoms with E-state index in [1.807, 2.05) is 0 Å². The monoisotopic (exact) mass is 331 g/mol. The summed E-state index contributed by atoms with van der Waals surface area (Å²) in [5, 5.41) is 0. The summed E-state index contributed by atoms with van der Waals surface area (Å²) in [6.07, 6.45) is 6.19. The molecule has 1 aliphatic rings. The average molecular weight is 331 g/mol. The van der Waals surface area contributed by atoms with Crippen LogP contribution in [0.1, 0.15) is 59.3 Å². The second-order valence-electron chi connectivity index (χ2n) is 6.34. The molecule has 0 aromatic rings. The van der Waals surface area contributed by atoms with Crippen molar-refractivity contribution in [3.05, 3.63) is 0 Å². The van der Waals surface area contributed by atoms with Crippen LogP contribution in [0.5, 0.6) is 0 Å². The van der Waals surface area contributed by atoms with Crippen molar-refractivity contribution in [1.82, 2.24) is 0 Å². The van der Waals surface area contributed by atoms with Gasteiger partial charge >= 0.3 is 0 Å². The van der Waals surface area contributed by atoms with Crippen LogP contribution in [0.15, 0.2) is 0 Å². The molecule has 4 atom stereocenters. The normalized spacial score (nSPS) is 28.2. The van der Waals surface area contributed by atoms with E-state index in [2.05, 4.69) is 20.8 Å². The summed E-state index contributed by atoms with van der Waals surface area (Å²) in [6, 6.07) is -0.134. The van der Waals surface area contributed by atoms with E-state index >= 15 is 0 Å². The van der Waals surface area contributed by atoms with E-state index in [0.717, 1.165) is 58.3 Å². The first kappa shape index (κ1) is 20.8. The highest BCUT2D eigenvalue weighted by molar-refractivity contribution is 4.91. The van der Waals surface area contributed by atoms with E-state index in [1.54, 1.807) is 0 Å². The molecule has 0 saturated carbocycles. The predicted molar refractivity (Wildman–Crippen MR) is 92.7 cm³/mol. The molecule has 1 rings (SSSR count). The fourth-order valence-electron chi connectivity index (χ4n) is 2.62. The third kappa shape index (κ3) is 7.94. The topological polar surface area (TPSA) is 62.9 Å². The van der Waals surface area contributed by atoms with Crippen molar-refractivity contribution in [2.75, 3.05) is 33.0 Å². The van der Waals surface area contributed by atoms with Crippen molar-refractivity contribution in [2.24, 2.45) is 5.73 Å². The summed E-state index contributed by atoms with van der Waals surface area (Å²) in [5.74, 6) is 0. The van der Waals surface area contributed by atoms with E-state index < -0.39 is 0 Å². The van der Waals surface area contributed by atoms with Gasteiger partial charge in [0.2, 0.25) is 0 Å². The third-order valence-corrected chi connectivity index (χ3v) is 4.16. The van der Waals surface area contributed by atoms with E-state index in [0.29, 0.717) is 13.2 Å². The average Bonchev–Trinajstić information content (AvgIpc) is 2.55. The molecular formula is C18H37NO4. The Balaban J connectivity index is 2.57. The lowest BCUT2D eigenvalue weighted by atomic mass is 9.98. The molecule has 0 bridgehead atoms. The summed E-state index contributed by atoms with van der Waals surface area (Å²) < 4.78 is 23.8. The van der Waals surface area contributed by atoms with Gasteiger partial charge in [0, 0.05) is 19.8 Å². The standard InChI is InChI=1S/C18H37NO4/c1-4-7-10-20-14-16-18(22-12-9-6-3)17(15(19)13-23-16)21-11-8-5-2/h15-18H,4-14,19H2,1-3H3/t15-,16+,17+,18-/m0/s1. The van der Waals surface area contributed by atoms with Crippen LogP contribution in [-0.2, 0) is 18.9 Å².